The molecule has 0 amide bonds. The van der Waals surface area contributed by atoms with Crippen molar-refractivity contribution in [3.8, 4) is 29.4 Å². The van der Waals surface area contributed by atoms with Crippen LogP contribution in [0, 0.1) is 46.9 Å². The van der Waals surface area contributed by atoms with Crippen molar-refractivity contribution in [1.82, 2.24) is 9.97 Å². The molecule has 1 aromatic carbocycles. The van der Waals surface area contributed by atoms with Gasteiger partial charge < -0.3 is 38.9 Å². The Bertz CT molecular complexity index is 2320. The molecule has 306 valence electrons. The number of methoxy groups -OCH3 is 1. The molecule has 4 aliphatic rings. The van der Waals surface area contributed by atoms with Gasteiger partial charge in [-0.05, 0) is 98.9 Å². The summed E-state index contributed by atoms with van der Waals surface area (Å²) in [6, 6.07) is 7.46. The Kier molecular flexibility index (Phi) is 11.9. The van der Waals surface area contributed by atoms with Gasteiger partial charge in [0.15, 0.2) is 29.7 Å². The van der Waals surface area contributed by atoms with E-state index in [4.69, 9.17) is 23.7 Å². The summed E-state index contributed by atoms with van der Waals surface area (Å²) in [6.07, 6.45) is 1.53. The van der Waals surface area contributed by atoms with Crippen LogP contribution in [0.2, 0.25) is 0 Å². The third-order valence-electron chi connectivity index (χ3n) is 12.4. The van der Waals surface area contributed by atoms with E-state index >= 15 is 4.79 Å². The van der Waals surface area contributed by atoms with Crippen LogP contribution in [0.15, 0.2) is 65.4 Å². The number of benzene rings is 1. The number of fused-ring (bicyclic) bond motifs is 5. The van der Waals surface area contributed by atoms with Crippen molar-refractivity contribution in [3.63, 3.8) is 0 Å². The molecule has 2 bridgehead atoms. The number of carbonyl (C=O) groups is 2. The fraction of sp³-hybridized carbons (Fsp3) is 0.511. The van der Waals surface area contributed by atoms with Gasteiger partial charge in [-0.15, -0.1) is 0 Å². The summed E-state index contributed by atoms with van der Waals surface area (Å²) in [4.78, 5) is 36.4. The van der Waals surface area contributed by atoms with Gasteiger partial charge in [-0.25, -0.2) is 0 Å². The molecule has 3 aromatic rings. The van der Waals surface area contributed by atoms with Crippen molar-refractivity contribution in [2.75, 3.05) is 13.7 Å². The highest BCUT2D eigenvalue weighted by Gasteiger charge is 2.59. The zero-order valence-electron chi connectivity index (χ0n) is 34.5. The number of aliphatic hydroxyl groups excluding tert-OH is 1. The van der Waals surface area contributed by atoms with E-state index in [9.17, 15) is 15.0 Å². The number of aromatic amines is 1. The van der Waals surface area contributed by atoms with Crippen LogP contribution in [0.4, 0.5) is 0 Å². The average molecular weight is 791 g/mol. The lowest BCUT2D eigenvalue weighted by Crippen LogP contribution is -2.65. The maximum atomic E-state index is 15.0. The van der Waals surface area contributed by atoms with E-state index in [2.05, 4.69) is 54.4 Å². The van der Waals surface area contributed by atoms with Gasteiger partial charge in [0.2, 0.25) is 0 Å². The molecule has 0 spiro atoms. The monoisotopic (exact) mass is 790 g/mol. The number of ketones is 2. The van der Waals surface area contributed by atoms with Gasteiger partial charge in [-0.2, -0.15) is 0 Å². The summed E-state index contributed by atoms with van der Waals surface area (Å²) in [7, 11) is 1.60. The molecule has 11 heteroatoms. The smallest absolute Gasteiger partial charge is 0.194 e. The molecule has 0 saturated carbocycles. The van der Waals surface area contributed by atoms with Crippen LogP contribution in [0.25, 0.3) is 21.8 Å². The van der Waals surface area contributed by atoms with Gasteiger partial charge in [0.25, 0.3) is 0 Å². The Morgan fingerprint density at radius 1 is 1.16 bits per heavy atom. The molecule has 3 N–H and O–H groups in total. The molecule has 2 fully saturated rings. The highest BCUT2D eigenvalue weighted by Crippen LogP contribution is 2.45. The normalized spacial score (nSPS) is 33.8. The number of aromatic nitrogens is 2. The number of nitrogens with one attached hydrogen (secondary N) is 1. The van der Waals surface area contributed by atoms with E-state index in [0.29, 0.717) is 59.3 Å². The molecule has 2 aliphatic carbocycles. The summed E-state index contributed by atoms with van der Waals surface area (Å²) in [5.41, 5.74) is -0.695. The molecule has 58 heavy (non-hydrogen) atoms. The number of allylic oxidation sites excluding steroid dienone is 4. The number of hydrogen-bond donors (Lipinski definition) is 3. The molecule has 8 unspecified atom stereocenters. The van der Waals surface area contributed by atoms with Crippen molar-refractivity contribution >= 4 is 33.4 Å². The van der Waals surface area contributed by atoms with Crippen molar-refractivity contribution in [2.24, 2.45) is 23.2 Å². The summed E-state index contributed by atoms with van der Waals surface area (Å²) >= 11 is 0. The molecule has 11 nitrogen and oxygen atoms in total. The summed E-state index contributed by atoms with van der Waals surface area (Å²) in [5, 5.41) is 26.2. The number of pyridine rings is 1. The van der Waals surface area contributed by atoms with Crippen LogP contribution in [0.1, 0.15) is 84.6 Å². The second-order valence-electron chi connectivity index (χ2n) is 16.7. The van der Waals surface area contributed by atoms with Crippen LogP contribution in [-0.2, 0) is 23.7 Å². The van der Waals surface area contributed by atoms with Crippen LogP contribution < -0.4 is 4.74 Å². The number of Topliss-reactive ketones (excluding diaryl/α,β-unsaturated/α-hetero) is 2. The number of aliphatic hydroxyl groups is 2. The lowest BCUT2D eigenvalue weighted by atomic mass is 9.70. The van der Waals surface area contributed by atoms with Crippen molar-refractivity contribution in [3.05, 3.63) is 71.1 Å². The first kappa shape index (κ1) is 41.6. The van der Waals surface area contributed by atoms with Crippen LogP contribution >= 0.6 is 0 Å². The zero-order chi connectivity index (χ0) is 41.5. The Balaban J connectivity index is 1.29. The molecule has 10 atom stereocenters. The lowest BCUT2D eigenvalue weighted by Gasteiger charge is -2.50. The van der Waals surface area contributed by atoms with Gasteiger partial charge in [-0.1, -0.05) is 57.5 Å². The van der Waals surface area contributed by atoms with Crippen LogP contribution in [0.3, 0.4) is 0 Å². The highest BCUT2D eigenvalue weighted by atomic mass is 16.7. The van der Waals surface area contributed by atoms with E-state index in [1.54, 1.807) is 40.2 Å². The van der Waals surface area contributed by atoms with Gasteiger partial charge >= 0.3 is 0 Å². The van der Waals surface area contributed by atoms with E-state index in [1.807, 2.05) is 37.3 Å². The highest BCUT2D eigenvalue weighted by molar-refractivity contribution is 6.16. The Labute approximate surface area is 340 Å². The van der Waals surface area contributed by atoms with Crippen LogP contribution in [0.5, 0.6) is 5.75 Å². The fourth-order valence-corrected chi connectivity index (χ4v) is 8.85. The molecule has 2 saturated heterocycles. The molecular weight excluding hydrogens is 737 g/mol. The number of nitrogens with zero attached hydrogens (tertiary/aromatic N) is 1. The van der Waals surface area contributed by atoms with E-state index in [1.165, 1.54) is 6.08 Å². The van der Waals surface area contributed by atoms with Crippen LogP contribution in [-0.4, -0.2) is 88.1 Å². The topological polar surface area (TPSA) is 149 Å². The SMILES string of the molecule is CC/C=C1\C2=C(C)C(=O)C[C@@]1(O)C#C/C=C\C#C[C@@H]2OC1OC(C)C(C)(C(=O)c2nccc3c2[nH]c2ccc(OC)cc23)C(O)C1OC1CC(C)C(CC(C)C)CO1. The molecule has 7 rings (SSSR count). The molecule has 2 aromatic heterocycles. The standard InChI is InChI=1S/C47H54N2O9/c1-9-14-34-39-28(5)36(50)24-47(34,53)19-13-11-10-12-15-37(39)57-45-42(58-38-22-27(4)30(25-55-38)21-26(2)3)44(52)46(7,29(6)56-45)43(51)41-40-32(18-20-48-41)33-23-31(54-8)16-17-35(33)49-40/h10-11,14,16-18,20,23,26-27,29-30,37-38,42,44-45,49,52-53H,9,21-22,24-25H2,1-8H3/b11-10-,34-14+/t27?,29?,30?,37-,38?,42?,44?,45?,46?,47-/m0/s1. The fourth-order valence-electron chi connectivity index (χ4n) is 8.85. The van der Waals surface area contributed by atoms with Gasteiger partial charge in [0.1, 0.15) is 29.8 Å². The first-order valence-electron chi connectivity index (χ1n) is 20.3. The van der Waals surface area contributed by atoms with Gasteiger partial charge in [-0.3, -0.25) is 14.6 Å². The van der Waals surface area contributed by atoms with Crippen molar-refractivity contribution in [1.29, 1.82) is 0 Å². The molecule has 2 aliphatic heterocycles. The van der Waals surface area contributed by atoms with Gasteiger partial charge in [0.05, 0.1) is 37.2 Å². The number of carbonyl (C=O) groups excluding carboxylic acids is 2. The molecule has 0 radical (unpaired) electrons. The first-order chi connectivity index (χ1) is 27.7. The summed E-state index contributed by atoms with van der Waals surface area (Å²) in [5.74, 6) is 12.8. The number of ether oxygens (including phenoxy) is 5. The minimum absolute atomic E-state index is 0.142. The molecule has 4 heterocycles. The Morgan fingerprint density at radius 3 is 2.66 bits per heavy atom. The number of hydrogen-bond acceptors (Lipinski definition) is 10. The quantitative estimate of drug-likeness (QED) is 0.149. The minimum atomic E-state index is -1.77. The summed E-state index contributed by atoms with van der Waals surface area (Å²) < 4.78 is 32.0. The zero-order valence-corrected chi connectivity index (χ0v) is 34.5. The van der Waals surface area contributed by atoms with E-state index in [0.717, 1.165) is 22.7 Å². The predicted molar refractivity (Wildman–Crippen MR) is 219 cm³/mol. The molecular formula is C47H54N2O9. The maximum Gasteiger partial charge on any atom is 0.194 e. The lowest BCUT2D eigenvalue weighted by molar-refractivity contribution is -0.339. The average Bonchev–Trinajstić information content (AvgIpc) is 3.57. The first-order valence-corrected chi connectivity index (χ1v) is 20.3. The second-order valence-corrected chi connectivity index (χ2v) is 16.7. The second kappa shape index (κ2) is 16.6. The van der Waals surface area contributed by atoms with E-state index < -0.39 is 53.8 Å². The van der Waals surface area contributed by atoms with E-state index in [-0.39, 0.29) is 23.8 Å². The third kappa shape index (κ3) is 7.57. The Hall–Kier alpha value is -4.59. The largest absolute Gasteiger partial charge is 0.497 e. The minimum Gasteiger partial charge on any atom is -0.497 e. The maximum absolute atomic E-state index is 15.0. The van der Waals surface area contributed by atoms with Crippen molar-refractivity contribution < 1.29 is 43.5 Å². The third-order valence-corrected chi connectivity index (χ3v) is 12.4. The predicted octanol–water partition coefficient (Wildman–Crippen LogP) is 6.77. The summed E-state index contributed by atoms with van der Waals surface area (Å²) in [6.45, 7) is 14.0. The van der Waals surface area contributed by atoms with Gasteiger partial charge in [0, 0.05) is 34.5 Å². The Morgan fingerprint density at radius 2 is 1.93 bits per heavy atom. The number of H-pyrrole nitrogens is 1. The number of rotatable bonds is 10. The van der Waals surface area contributed by atoms with Crippen molar-refractivity contribution in [2.45, 2.75) is 117 Å².